The number of aromatic nitrogens is 1. The average molecular weight is 429 g/mol. The highest BCUT2D eigenvalue weighted by Gasteiger charge is 2.26. The van der Waals surface area contributed by atoms with Crippen molar-refractivity contribution in [3.05, 3.63) is 59.3 Å². The van der Waals surface area contributed by atoms with Gasteiger partial charge in [-0.05, 0) is 41.8 Å². The molecule has 0 aliphatic carbocycles. The molecular weight excluding hydrogens is 406 g/mol. The summed E-state index contributed by atoms with van der Waals surface area (Å²) in [6.45, 7) is 0.796. The number of nitrogens with zero attached hydrogens (tertiary/aromatic N) is 2. The summed E-state index contributed by atoms with van der Waals surface area (Å²) in [5.74, 6) is 0.331. The smallest absolute Gasteiger partial charge is 0.226 e. The normalized spacial score (nSPS) is 14.4. The van der Waals surface area contributed by atoms with Crippen LogP contribution in [-0.4, -0.2) is 49.7 Å². The molecule has 1 aromatic heterocycles. The second-order valence-corrected chi connectivity index (χ2v) is 9.27. The van der Waals surface area contributed by atoms with Crippen LogP contribution in [0, 0.1) is 0 Å². The van der Waals surface area contributed by atoms with Crippen LogP contribution < -0.4 is 10.1 Å². The number of methoxy groups -OCH3 is 1. The van der Waals surface area contributed by atoms with Crippen LogP contribution in [0.15, 0.2) is 47.0 Å². The molecule has 4 rings (SSSR count). The number of hydrogen-bond acceptors (Lipinski definition) is 6. The molecule has 0 spiro atoms. The lowest BCUT2D eigenvalue weighted by molar-refractivity contribution is -0.120. The third-order valence-electron chi connectivity index (χ3n) is 5.25. The molecule has 8 nitrogen and oxygen atoms in total. The highest BCUT2D eigenvalue weighted by molar-refractivity contribution is 7.89. The van der Waals surface area contributed by atoms with Gasteiger partial charge in [-0.3, -0.25) is 4.79 Å². The van der Waals surface area contributed by atoms with Crippen LogP contribution in [0.2, 0.25) is 0 Å². The zero-order valence-corrected chi connectivity index (χ0v) is 17.4. The quantitative estimate of drug-likeness (QED) is 0.615. The number of carbonyl (C=O) groups excluding carboxylic acids is 1. The van der Waals surface area contributed by atoms with Gasteiger partial charge in [-0.15, -0.1) is 0 Å². The van der Waals surface area contributed by atoms with Crippen molar-refractivity contribution in [2.45, 2.75) is 19.4 Å². The van der Waals surface area contributed by atoms with Gasteiger partial charge < -0.3 is 14.6 Å². The van der Waals surface area contributed by atoms with Crippen molar-refractivity contribution in [3.63, 3.8) is 0 Å². The first kappa shape index (κ1) is 20.4. The minimum Gasteiger partial charge on any atom is -0.497 e. The number of rotatable bonds is 7. The third-order valence-corrected chi connectivity index (χ3v) is 7.06. The minimum atomic E-state index is -3.48. The van der Waals surface area contributed by atoms with Crippen LogP contribution in [0.4, 0.5) is 0 Å². The Morgan fingerprint density at radius 1 is 1.23 bits per heavy atom. The molecule has 0 atom stereocenters. The standard InChI is InChI=1S/C21H23N3O5S/c1-28-17-7-6-16-14-24(10-8-15(16)12-17)30(26,27)11-9-22-21(25)13-19-18-4-2-3-5-20(18)29-23-19/h2-7,12H,8-11,13-14H2,1H3,(H,22,25). The van der Waals surface area contributed by atoms with Crippen LogP contribution in [0.5, 0.6) is 5.75 Å². The van der Waals surface area contributed by atoms with Gasteiger partial charge in [0, 0.05) is 25.0 Å². The number of hydrogen-bond donors (Lipinski definition) is 1. The van der Waals surface area contributed by atoms with E-state index >= 15 is 0 Å². The van der Waals surface area contributed by atoms with E-state index in [1.165, 1.54) is 4.31 Å². The summed E-state index contributed by atoms with van der Waals surface area (Å²) >= 11 is 0. The number of carbonyl (C=O) groups is 1. The van der Waals surface area contributed by atoms with E-state index in [0.717, 1.165) is 22.3 Å². The maximum atomic E-state index is 12.7. The van der Waals surface area contributed by atoms with E-state index in [1.54, 1.807) is 13.2 Å². The molecule has 0 saturated heterocycles. The Labute approximate surface area is 174 Å². The fourth-order valence-electron chi connectivity index (χ4n) is 3.60. The van der Waals surface area contributed by atoms with Crippen molar-refractivity contribution in [2.24, 2.45) is 0 Å². The van der Waals surface area contributed by atoms with E-state index in [9.17, 15) is 13.2 Å². The first-order valence-corrected chi connectivity index (χ1v) is 11.3. The van der Waals surface area contributed by atoms with Gasteiger partial charge in [0.2, 0.25) is 15.9 Å². The first-order chi connectivity index (χ1) is 14.5. The first-order valence-electron chi connectivity index (χ1n) is 9.70. The minimum absolute atomic E-state index is 0.0377. The maximum absolute atomic E-state index is 12.7. The Morgan fingerprint density at radius 2 is 2.07 bits per heavy atom. The fraction of sp³-hybridized carbons (Fsp3) is 0.333. The van der Waals surface area contributed by atoms with Crippen molar-refractivity contribution in [3.8, 4) is 5.75 Å². The summed E-state index contributed by atoms with van der Waals surface area (Å²) in [5, 5.41) is 7.38. The lowest BCUT2D eigenvalue weighted by atomic mass is 10.0. The van der Waals surface area contributed by atoms with E-state index in [4.69, 9.17) is 9.26 Å². The van der Waals surface area contributed by atoms with Gasteiger partial charge in [0.1, 0.15) is 11.4 Å². The summed E-state index contributed by atoms with van der Waals surface area (Å²) in [5.41, 5.74) is 3.24. The number of ether oxygens (including phenoxy) is 1. The van der Waals surface area contributed by atoms with Crippen LogP contribution in [-0.2, 0) is 34.2 Å². The van der Waals surface area contributed by atoms with E-state index in [1.807, 2.05) is 36.4 Å². The highest BCUT2D eigenvalue weighted by atomic mass is 32.2. The molecule has 1 aliphatic heterocycles. The van der Waals surface area contributed by atoms with E-state index in [2.05, 4.69) is 10.5 Å². The molecular formula is C21H23N3O5S. The maximum Gasteiger partial charge on any atom is 0.226 e. The molecule has 3 aromatic rings. The van der Waals surface area contributed by atoms with E-state index < -0.39 is 10.0 Å². The summed E-state index contributed by atoms with van der Waals surface area (Å²) in [4.78, 5) is 12.2. The summed E-state index contributed by atoms with van der Waals surface area (Å²) in [6.07, 6.45) is 0.674. The molecule has 9 heteroatoms. The molecule has 30 heavy (non-hydrogen) atoms. The molecule has 0 radical (unpaired) electrons. The number of fused-ring (bicyclic) bond motifs is 2. The van der Waals surface area contributed by atoms with Crippen molar-refractivity contribution >= 4 is 26.9 Å². The molecule has 1 N–H and O–H groups in total. The molecule has 2 aromatic carbocycles. The van der Waals surface area contributed by atoms with Crippen LogP contribution in [0.1, 0.15) is 16.8 Å². The molecule has 0 saturated carbocycles. The average Bonchev–Trinajstić information content (AvgIpc) is 3.15. The molecule has 0 bridgehead atoms. The second-order valence-electron chi connectivity index (χ2n) is 7.19. The zero-order chi connectivity index (χ0) is 21.1. The lowest BCUT2D eigenvalue weighted by Crippen LogP contribution is -2.40. The molecule has 1 aliphatic rings. The molecule has 2 heterocycles. The van der Waals surface area contributed by atoms with Gasteiger partial charge in [-0.25, -0.2) is 8.42 Å². The predicted molar refractivity (Wildman–Crippen MR) is 112 cm³/mol. The van der Waals surface area contributed by atoms with Gasteiger partial charge in [0.25, 0.3) is 0 Å². The van der Waals surface area contributed by atoms with Crippen molar-refractivity contribution in [1.29, 1.82) is 0 Å². The monoisotopic (exact) mass is 429 g/mol. The fourth-order valence-corrected chi connectivity index (χ4v) is 4.92. The Morgan fingerprint density at radius 3 is 2.90 bits per heavy atom. The largest absolute Gasteiger partial charge is 0.497 e. The van der Waals surface area contributed by atoms with Crippen molar-refractivity contribution in [1.82, 2.24) is 14.8 Å². The number of sulfonamides is 1. The summed E-state index contributed by atoms with van der Waals surface area (Å²) < 4.78 is 37.3. The predicted octanol–water partition coefficient (Wildman–Crippen LogP) is 1.88. The summed E-state index contributed by atoms with van der Waals surface area (Å²) in [7, 11) is -1.87. The van der Waals surface area contributed by atoms with Crippen molar-refractivity contribution in [2.75, 3.05) is 26.0 Å². The number of nitrogens with one attached hydrogen (secondary N) is 1. The van der Waals surface area contributed by atoms with E-state index in [0.29, 0.717) is 30.8 Å². The molecule has 1 amide bonds. The van der Waals surface area contributed by atoms with Gasteiger partial charge in [0.15, 0.2) is 5.58 Å². The summed E-state index contributed by atoms with van der Waals surface area (Å²) in [6, 6.07) is 13.0. The molecule has 158 valence electrons. The molecule has 0 unspecified atom stereocenters. The topological polar surface area (TPSA) is 102 Å². The molecule has 0 fully saturated rings. The Bertz CT molecular complexity index is 1170. The van der Waals surface area contributed by atoms with Crippen LogP contribution in [0.25, 0.3) is 11.0 Å². The Kier molecular flexibility index (Phi) is 5.74. The Hall–Kier alpha value is -2.91. The number of benzene rings is 2. The number of amides is 1. The lowest BCUT2D eigenvalue weighted by Gasteiger charge is -2.28. The van der Waals surface area contributed by atoms with Gasteiger partial charge >= 0.3 is 0 Å². The SMILES string of the molecule is COc1ccc2c(c1)CCN(S(=O)(=O)CCNC(=O)Cc1noc3ccccc13)C2. The van der Waals surface area contributed by atoms with Crippen LogP contribution >= 0.6 is 0 Å². The highest BCUT2D eigenvalue weighted by Crippen LogP contribution is 2.25. The van der Waals surface area contributed by atoms with Crippen molar-refractivity contribution < 1.29 is 22.5 Å². The zero-order valence-electron chi connectivity index (χ0n) is 16.6. The third kappa shape index (κ3) is 4.31. The number of para-hydroxylation sites is 1. The van der Waals surface area contributed by atoms with Gasteiger partial charge in [-0.2, -0.15) is 4.31 Å². The van der Waals surface area contributed by atoms with Gasteiger partial charge in [-0.1, -0.05) is 23.4 Å². The van der Waals surface area contributed by atoms with Gasteiger partial charge in [0.05, 0.1) is 19.3 Å². The van der Waals surface area contributed by atoms with E-state index in [-0.39, 0.29) is 24.6 Å². The van der Waals surface area contributed by atoms with Crippen LogP contribution in [0.3, 0.4) is 0 Å². The second kappa shape index (κ2) is 8.45. The Balaban J connectivity index is 1.31.